The molecule has 1 aliphatic carbocycles. The number of benzene rings is 1. The number of carbonyl (C=O) groups is 1. The molecule has 2 rings (SSSR count). The molecule has 0 aromatic heterocycles. The van der Waals surface area contributed by atoms with Crippen LogP contribution in [0.1, 0.15) is 42.6 Å². The number of hydrogen-bond donors (Lipinski definition) is 2. The number of hydrogen-bond acceptors (Lipinski definition) is 2. The molecular weight excluding hydrogens is 244 g/mol. The molecule has 0 spiro atoms. The average molecular weight is 262 g/mol. The van der Waals surface area contributed by atoms with E-state index in [1.54, 1.807) is 24.3 Å². The Bertz CT molecular complexity index is 475. The molecule has 0 heterocycles. The van der Waals surface area contributed by atoms with E-state index in [1.165, 1.54) is 12.8 Å². The molecule has 3 nitrogen and oxygen atoms in total. The van der Waals surface area contributed by atoms with Crippen molar-refractivity contribution >= 4 is 23.1 Å². The normalized spacial score (nSPS) is 15.2. The predicted octanol–water partition coefficient (Wildman–Crippen LogP) is 2.24. The van der Waals surface area contributed by atoms with E-state index < -0.39 is 0 Å². The van der Waals surface area contributed by atoms with Gasteiger partial charge in [0, 0.05) is 16.7 Å². The first-order chi connectivity index (χ1) is 8.40. The summed E-state index contributed by atoms with van der Waals surface area (Å²) in [6, 6.07) is 7.07. The maximum absolute atomic E-state index is 12.1. The average Bonchev–Trinajstić information content (AvgIpc) is 3.12. The zero-order valence-electron chi connectivity index (χ0n) is 10.7. The molecule has 0 radical (unpaired) electrons. The molecule has 0 bridgehead atoms. The van der Waals surface area contributed by atoms with E-state index in [1.807, 2.05) is 0 Å². The van der Waals surface area contributed by atoms with Gasteiger partial charge in [-0.05, 0) is 44.7 Å². The van der Waals surface area contributed by atoms with Crippen molar-refractivity contribution in [3.63, 3.8) is 0 Å². The van der Waals surface area contributed by atoms with Gasteiger partial charge in [-0.25, -0.2) is 0 Å². The van der Waals surface area contributed by atoms with Gasteiger partial charge in [-0.2, -0.15) is 0 Å². The van der Waals surface area contributed by atoms with Crippen LogP contribution in [-0.2, 0) is 0 Å². The summed E-state index contributed by atoms with van der Waals surface area (Å²) in [6.07, 6.45) is 2.40. The predicted molar refractivity (Wildman–Crippen MR) is 76.6 cm³/mol. The van der Waals surface area contributed by atoms with Gasteiger partial charge in [0.05, 0.1) is 0 Å². The van der Waals surface area contributed by atoms with Crippen molar-refractivity contribution < 1.29 is 4.79 Å². The van der Waals surface area contributed by atoms with Crippen molar-refractivity contribution in [2.75, 3.05) is 0 Å². The smallest absolute Gasteiger partial charge is 0.251 e. The van der Waals surface area contributed by atoms with Crippen molar-refractivity contribution in [1.82, 2.24) is 5.32 Å². The quantitative estimate of drug-likeness (QED) is 0.818. The first-order valence-electron chi connectivity index (χ1n) is 6.12. The molecule has 1 fully saturated rings. The van der Waals surface area contributed by atoms with Crippen LogP contribution in [0.5, 0.6) is 0 Å². The van der Waals surface area contributed by atoms with Crippen LogP contribution in [-0.4, -0.2) is 16.4 Å². The molecule has 0 unspecified atom stereocenters. The van der Waals surface area contributed by atoms with Crippen molar-refractivity contribution in [1.29, 1.82) is 0 Å². The third-order valence-corrected chi connectivity index (χ3v) is 3.70. The summed E-state index contributed by atoms with van der Waals surface area (Å²) in [5, 5.41) is 3.08. The summed E-state index contributed by atoms with van der Waals surface area (Å²) in [7, 11) is 0. The van der Waals surface area contributed by atoms with Gasteiger partial charge in [0.25, 0.3) is 5.91 Å². The fourth-order valence-electron chi connectivity index (χ4n) is 2.06. The first-order valence-corrected chi connectivity index (χ1v) is 6.53. The van der Waals surface area contributed by atoms with E-state index in [-0.39, 0.29) is 11.4 Å². The van der Waals surface area contributed by atoms with Crippen LogP contribution in [0.2, 0.25) is 0 Å². The Morgan fingerprint density at radius 2 is 1.78 bits per heavy atom. The van der Waals surface area contributed by atoms with Crippen LogP contribution in [0.4, 0.5) is 0 Å². The van der Waals surface area contributed by atoms with Crippen LogP contribution in [0.3, 0.4) is 0 Å². The Balaban J connectivity index is 2.06. The second-order valence-corrected chi connectivity index (χ2v) is 5.83. The maximum atomic E-state index is 12.1. The van der Waals surface area contributed by atoms with Crippen molar-refractivity contribution in [2.45, 2.75) is 32.2 Å². The van der Waals surface area contributed by atoms with Crippen LogP contribution >= 0.6 is 12.2 Å². The zero-order valence-corrected chi connectivity index (χ0v) is 11.5. The SMILES string of the molecule is CC(C)(NC(=O)c1ccc(C(N)=S)cc1)C1CC1. The summed E-state index contributed by atoms with van der Waals surface area (Å²) >= 11 is 4.88. The lowest BCUT2D eigenvalue weighted by Crippen LogP contribution is -2.45. The number of carbonyl (C=O) groups excluding carboxylic acids is 1. The fraction of sp³-hybridized carbons (Fsp3) is 0.429. The van der Waals surface area contributed by atoms with Gasteiger partial charge in [-0.1, -0.05) is 24.4 Å². The molecular formula is C14H18N2OS. The highest BCUT2D eigenvalue weighted by molar-refractivity contribution is 7.80. The lowest BCUT2D eigenvalue weighted by Gasteiger charge is -2.26. The minimum atomic E-state index is -0.126. The number of rotatable bonds is 4. The molecule has 1 aromatic rings. The first kappa shape index (κ1) is 13.0. The van der Waals surface area contributed by atoms with E-state index in [4.69, 9.17) is 18.0 Å². The van der Waals surface area contributed by atoms with E-state index in [9.17, 15) is 4.79 Å². The lowest BCUT2D eigenvalue weighted by molar-refractivity contribution is 0.0903. The molecule has 0 aliphatic heterocycles. The van der Waals surface area contributed by atoms with Gasteiger partial charge in [-0.15, -0.1) is 0 Å². The topological polar surface area (TPSA) is 55.1 Å². The van der Waals surface area contributed by atoms with E-state index >= 15 is 0 Å². The Hall–Kier alpha value is -1.42. The fourth-order valence-corrected chi connectivity index (χ4v) is 2.19. The summed E-state index contributed by atoms with van der Waals surface area (Å²) in [4.78, 5) is 12.4. The molecule has 4 heteroatoms. The van der Waals surface area contributed by atoms with Gasteiger partial charge >= 0.3 is 0 Å². The highest BCUT2D eigenvalue weighted by atomic mass is 32.1. The summed E-state index contributed by atoms with van der Waals surface area (Å²) < 4.78 is 0. The zero-order chi connectivity index (χ0) is 13.3. The second kappa shape index (κ2) is 4.69. The standard InChI is InChI=1S/C14H18N2OS/c1-14(2,11-7-8-11)16-13(17)10-5-3-9(4-6-10)12(15)18/h3-6,11H,7-8H2,1-2H3,(H2,15,18)(H,16,17). The molecule has 1 saturated carbocycles. The monoisotopic (exact) mass is 262 g/mol. The number of nitrogens with one attached hydrogen (secondary N) is 1. The summed E-state index contributed by atoms with van der Waals surface area (Å²) in [6.45, 7) is 4.15. The molecule has 1 aliphatic rings. The van der Waals surface area contributed by atoms with Crippen molar-refractivity contribution in [3.05, 3.63) is 35.4 Å². The van der Waals surface area contributed by atoms with Crippen molar-refractivity contribution in [2.24, 2.45) is 11.7 Å². The van der Waals surface area contributed by atoms with E-state index in [0.717, 1.165) is 5.56 Å². The number of amides is 1. The van der Waals surface area contributed by atoms with Gasteiger partial charge < -0.3 is 11.1 Å². The van der Waals surface area contributed by atoms with Crippen LogP contribution < -0.4 is 11.1 Å². The Morgan fingerprint density at radius 3 is 2.22 bits per heavy atom. The summed E-state index contributed by atoms with van der Waals surface area (Å²) in [5.41, 5.74) is 6.82. The number of nitrogens with two attached hydrogens (primary N) is 1. The molecule has 1 amide bonds. The van der Waals surface area contributed by atoms with E-state index in [2.05, 4.69) is 19.2 Å². The lowest BCUT2D eigenvalue weighted by atomic mass is 9.98. The maximum Gasteiger partial charge on any atom is 0.251 e. The van der Waals surface area contributed by atoms with Gasteiger partial charge in [0.1, 0.15) is 4.99 Å². The third-order valence-electron chi connectivity index (χ3n) is 3.47. The molecule has 0 atom stereocenters. The number of thiocarbonyl (C=S) groups is 1. The van der Waals surface area contributed by atoms with Gasteiger partial charge in [0.2, 0.25) is 0 Å². The highest BCUT2D eigenvalue weighted by Crippen LogP contribution is 2.39. The van der Waals surface area contributed by atoms with Gasteiger partial charge in [-0.3, -0.25) is 4.79 Å². The second-order valence-electron chi connectivity index (χ2n) is 5.39. The van der Waals surface area contributed by atoms with Crippen molar-refractivity contribution in [3.8, 4) is 0 Å². The van der Waals surface area contributed by atoms with Crippen LogP contribution in [0.25, 0.3) is 0 Å². The van der Waals surface area contributed by atoms with Gasteiger partial charge in [0.15, 0.2) is 0 Å². The molecule has 3 N–H and O–H groups in total. The largest absolute Gasteiger partial charge is 0.389 e. The molecule has 96 valence electrons. The minimum Gasteiger partial charge on any atom is -0.389 e. The summed E-state index contributed by atoms with van der Waals surface area (Å²) in [5.74, 6) is 0.568. The van der Waals surface area contributed by atoms with Crippen LogP contribution in [0, 0.1) is 5.92 Å². The highest BCUT2D eigenvalue weighted by Gasteiger charge is 2.38. The molecule has 0 saturated heterocycles. The Morgan fingerprint density at radius 1 is 1.28 bits per heavy atom. The Kier molecular flexibility index (Phi) is 3.39. The minimum absolute atomic E-state index is 0.0404. The van der Waals surface area contributed by atoms with E-state index in [0.29, 0.717) is 16.5 Å². The third kappa shape index (κ3) is 2.88. The molecule has 18 heavy (non-hydrogen) atoms. The molecule has 1 aromatic carbocycles. The Labute approximate surface area is 113 Å². The van der Waals surface area contributed by atoms with Crippen LogP contribution in [0.15, 0.2) is 24.3 Å².